The Morgan fingerprint density at radius 3 is 2.11 bits per heavy atom. The molecule has 2 N–H and O–H groups in total. The second-order valence-corrected chi connectivity index (χ2v) is 7.41. The van der Waals surface area contributed by atoms with Crippen LogP contribution in [-0.2, 0) is 0 Å². The first-order valence-electron chi connectivity index (χ1n) is 6.78. The number of rotatable bonds is 1. The highest BCUT2D eigenvalue weighted by atomic mass is 16.2. The lowest BCUT2D eigenvalue weighted by Gasteiger charge is -2.53. The van der Waals surface area contributed by atoms with Crippen LogP contribution in [0.2, 0.25) is 0 Å². The van der Waals surface area contributed by atoms with Crippen LogP contribution in [0.3, 0.4) is 0 Å². The highest BCUT2D eigenvalue weighted by Gasteiger charge is 2.56. The van der Waals surface area contributed by atoms with Gasteiger partial charge in [0.2, 0.25) is 0 Å². The number of hydrogen-bond acceptors (Lipinski definition) is 2. The number of urea groups is 1. The Morgan fingerprint density at radius 1 is 1.17 bits per heavy atom. The highest BCUT2D eigenvalue weighted by molar-refractivity contribution is 6.06. The third-order valence-electron chi connectivity index (χ3n) is 4.26. The van der Waals surface area contributed by atoms with Crippen LogP contribution in [0.4, 0.5) is 4.79 Å². The number of carbonyl (C=O) groups is 1. The number of nitrogens with zero attached hydrogens (tertiary/aromatic N) is 2. The fraction of sp³-hybridized carbons (Fsp3) is 0.857. The van der Waals surface area contributed by atoms with E-state index in [1.807, 2.05) is 11.8 Å². The predicted octanol–water partition coefficient (Wildman–Crippen LogP) is 2.77. The fourth-order valence-electron chi connectivity index (χ4n) is 4.47. The van der Waals surface area contributed by atoms with Crippen LogP contribution in [-0.4, -0.2) is 28.9 Å². The van der Waals surface area contributed by atoms with Crippen molar-refractivity contribution in [3.8, 4) is 0 Å². The van der Waals surface area contributed by atoms with Crippen molar-refractivity contribution in [1.82, 2.24) is 4.90 Å². The SMILES string of the molecule is CCN1C(=O)N=C(N)C12CC(C)(C)CC(C)(C)C2. The maximum absolute atomic E-state index is 12.0. The first-order chi connectivity index (χ1) is 8.12. The van der Waals surface area contributed by atoms with E-state index >= 15 is 0 Å². The van der Waals surface area contributed by atoms with Crippen LogP contribution >= 0.6 is 0 Å². The van der Waals surface area contributed by atoms with Gasteiger partial charge >= 0.3 is 6.03 Å². The van der Waals surface area contributed by atoms with E-state index in [-0.39, 0.29) is 22.4 Å². The van der Waals surface area contributed by atoms with Crippen LogP contribution in [0.25, 0.3) is 0 Å². The van der Waals surface area contributed by atoms with Crippen molar-refractivity contribution in [1.29, 1.82) is 0 Å². The number of carbonyl (C=O) groups excluding carboxylic acids is 1. The molecule has 0 bridgehead atoms. The van der Waals surface area contributed by atoms with Gasteiger partial charge in [-0.15, -0.1) is 0 Å². The summed E-state index contributed by atoms with van der Waals surface area (Å²) < 4.78 is 0. The Balaban J connectivity index is 2.46. The molecule has 4 nitrogen and oxygen atoms in total. The topological polar surface area (TPSA) is 58.7 Å². The Bertz CT molecular complexity index is 393. The summed E-state index contributed by atoms with van der Waals surface area (Å²) in [5, 5.41) is 0. The van der Waals surface area contributed by atoms with Crippen molar-refractivity contribution in [2.24, 2.45) is 21.6 Å². The van der Waals surface area contributed by atoms with E-state index < -0.39 is 0 Å². The van der Waals surface area contributed by atoms with Crippen LogP contribution in [0, 0.1) is 10.8 Å². The van der Waals surface area contributed by atoms with Gasteiger partial charge in [-0.1, -0.05) is 27.7 Å². The number of nitrogens with two attached hydrogens (primary N) is 1. The van der Waals surface area contributed by atoms with Gasteiger partial charge in [-0.3, -0.25) is 0 Å². The molecule has 1 fully saturated rings. The summed E-state index contributed by atoms with van der Waals surface area (Å²) in [5.41, 5.74) is 6.14. The summed E-state index contributed by atoms with van der Waals surface area (Å²) in [4.78, 5) is 17.9. The molecule has 2 rings (SSSR count). The van der Waals surface area contributed by atoms with E-state index in [0.29, 0.717) is 12.4 Å². The molecule has 1 spiro atoms. The molecular formula is C14H25N3O. The average Bonchev–Trinajstić information content (AvgIpc) is 2.32. The first-order valence-corrected chi connectivity index (χ1v) is 6.78. The van der Waals surface area contributed by atoms with E-state index in [2.05, 4.69) is 32.7 Å². The minimum atomic E-state index is -0.350. The maximum atomic E-state index is 12.0. The van der Waals surface area contributed by atoms with Crippen LogP contribution in [0.5, 0.6) is 0 Å². The summed E-state index contributed by atoms with van der Waals surface area (Å²) in [6, 6.07) is -0.163. The molecule has 1 saturated carbocycles. The zero-order valence-corrected chi connectivity index (χ0v) is 12.2. The lowest BCUT2D eigenvalue weighted by molar-refractivity contribution is 0.0179. The number of likely N-dealkylation sites (N-methyl/N-ethyl adjacent to an activating group) is 1. The molecule has 102 valence electrons. The van der Waals surface area contributed by atoms with Crippen molar-refractivity contribution >= 4 is 11.9 Å². The quantitative estimate of drug-likeness (QED) is 0.779. The molecule has 0 unspecified atom stereocenters. The Kier molecular flexibility index (Phi) is 2.76. The van der Waals surface area contributed by atoms with Crippen molar-refractivity contribution in [2.45, 2.75) is 59.4 Å². The van der Waals surface area contributed by atoms with Gasteiger partial charge in [-0.25, -0.2) is 4.79 Å². The normalized spacial score (nSPS) is 28.6. The van der Waals surface area contributed by atoms with E-state index in [1.54, 1.807) is 0 Å². The van der Waals surface area contributed by atoms with Crippen molar-refractivity contribution in [3.63, 3.8) is 0 Å². The molecule has 0 aromatic rings. The van der Waals surface area contributed by atoms with Gasteiger partial charge in [-0.05, 0) is 37.0 Å². The number of amidine groups is 1. The van der Waals surface area contributed by atoms with Gasteiger partial charge in [0.15, 0.2) is 0 Å². The first kappa shape index (κ1) is 13.4. The molecule has 0 atom stereocenters. The largest absolute Gasteiger partial charge is 0.385 e. The number of amides is 2. The third kappa shape index (κ3) is 1.91. The molecule has 18 heavy (non-hydrogen) atoms. The fourth-order valence-corrected chi connectivity index (χ4v) is 4.47. The molecule has 2 amide bonds. The predicted molar refractivity (Wildman–Crippen MR) is 73.5 cm³/mol. The molecule has 2 aliphatic rings. The van der Waals surface area contributed by atoms with Gasteiger partial charge in [-0.2, -0.15) is 4.99 Å². The van der Waals surface area contributed by atoms with Crippen molar-refractivity contribution < 1.29 is 4.79 Å². The minimum absolute atomic E-state index is 0.163. The molecule has 0 radical (unpaired) electrons. The summed E-state index contributed by atoms with van der Waals surface area (Å²) in [5.74, 6) is 0.523. The van der Waals surface area contributed by atoms with Crippen molar-refractivity contribution in [3.05, 3.63) is 0 Å². The molecule has 4 heteroatoms. The lowest BCUT2D eigenvalue weighted by Crippen LogP contribution is -2.61. The second-order valence-electron chi connectivity index (χ2n) is 7.41. The highest BCUT2D eigenvalue weighted by Crippen LogP contribution is 2.53. The van der Waals surface area contributed by atoms with Gasteiger partial charge in [0.25, 0.3) is 0 Å². The van der Waals surface area contributed by atoms with E-state index in [1.165, 1.54) is 0 Å². The van der Waals surface area contributed by atoms with E-state index in [4.69, 9.17) is 5.73 Å². The number of aliphatic imine (C=N–C) groups is 1. The molecule has 1 aliphatic carbocycles. The smallest absolute Gasteiger partial charge is 0.346 e. The molecule has 1 aliphatic heterocycles. The summed E-state index contributed by atoms with van der Waals surface area (Å²) in [6.45, 7) is 11.7. The van der Waals surface area contributed by atoms with Gasteiger partial charge < -0.3 is 10.6 Å². The molecular weight excluding hydrogens is 226 g/mol. The zero-order chi connectivity index (χ0) is 13.8. The Morgan fingerprint density at radius 2 is 1.67 bits per heavy atom. The molecule has 0 aromatic carbocycles. The standard InChI is InChI=1S/C14H25N3O/c1-6-17-11(18)16-10(15)14(17)8-12(2,3)7-13(4,5)9-14/h6-9H2,1-5H3,(H2,15,16,18). The number of hydrogen-bond donors (Lipinski definition) is 1. The zero-order valence-electron chi connectivity index (χ0n) is 12.2. The van der Waals surface area contributed by atoms with Crippen LogP contribution in [0.1, 0.15) is 53.9 Å². The van der Waals surface area contributed by atoms with E-state index in [9.17, 15) is 4.79 Å². The summed E-state index contributed by atoms with van der Waals surface area (Å²) in [6.07, 6.45) is 2.98. The monoisotopic (exact) mass is 251 g/mol. The van der Waals surface area contributed by atoms with Gasteiger partial charge in [0.1, 0.15) is 11.4 Å². The van der Waals surface area contributed by atoms with Crippen LogP contribution in [0.15, 0.2) is 4.99 Å². The summed E-state index contributed by atoms with van der Waals surface area (Å²) in [7, 11) is 0. The summed E-state index contributed by atoms with van der Waals surface area (Å²) >= 11 is 0. The Labute approximate surface area is 110 Å². The maximum Gasteiger partial charge on any atom is 0.346 e. The van der Waals surface area contributed by atoms with Gasteiger partial charge in [0.05, 0.1) is 0 Å². The molecule has 0 saturated heterocycles. The average molecular weight is 251 g/mol. The molecule has 1 heterocycles. The third-order valence-corrected chi connectivity index (χ3v) is 4.26. The second kappa shape index (κ2) is 3.72. The van der Waals surface area contributed by atoms with Gasteiger partial charge in [0, 0.05) is 6.54 Å². The minimum Gasteiger partial charge on any atom is -0.385 e. The van der Waals surface area contributed by atoms with Crippen LogP contribution < -0.4 is 5.73 Å². The van der Waals surface area contributed by atoms with Crippen molar-refractivity contribution in [2.75, 3.05) is 6.54 Å². The lowest BCUT2D eigenvalue weighted by atomic mass is 9.58. The Hall–Kier alpha value is -1.06. The molecule has 0 aromatic heterocycles. The van der Waals surface area contributed by atoms with E-state index in [0.717, 1.165) is 19.3 Å².